The molecule has 1 saturated heterocycles. The Bertz CT molecular complexity index is 559. The topological polar surface area (TPSA) is 81.2 Å². The first-order chi connectivity index (χ1) is 9.45. The van der Waals surface area contributed by atoms with Crippen LogP contribution in [0.2, 0.25) is 0 Å². The van der Waals surface area contributed by atoms with Crippen molar-refractivity contribution < 1.29 is 8.42 Å². The van der Waals surface area contributed by atoms with Crippen molar-refractivity contribution in [3.8, 4) is 0 Å². The van der Waals surface area contributed by atoms with E-state index in [2.05, 4.69) is 16.9 Å². The number of anilines is 2. The fourth-order valence-corrected chi connectivity index (χ4v) is 3.36. The second-order valence-electron chi connectivity index (χ2n) is 5.44. The zero-order valence-electron chi connectivity index (χ0n) is 12.3. The molecule has 0 amide bonds. The van der Waals surface area contributed by atoms with E-state index in [4.69, 9.17) is 5.73 Å². The van der Waals surface area contributed by atoms with Gasteiger partial charge in [0.25, 0.3) is 0 Å². The number of aryl methyl sites for hydroxylation is 1. The van der Waals surface area contributed by atoms with E-state index in [1.165, 1.54) is 6.42 Å². The largest absolute Gasteiger partial charge is 0.393 e. The molecule has 0 radical (unpaired) electrons. The average molecular weight is 300 g/mol. The lowest BCUT2D eigenvalue weighted by molar-refractivity contribution is 0.521. The van der Waals surface area contributed by atoms with Crippen LogP contribution in [-0.2, 0) is 16.4 Å². The maximum absolute atomic E-state index is 11.8. The van der Waals surface area contributed by atoms with Gasteiger partial charge in [-0.3, -0.25) is 0 Å². The number of nitrogens with zero attached hydrogens (tertiary/aromatic N) is 3. The Labute approximate surface area is 120 Å². The summed E-state index contributed by atoms with van der Waals surface area (Å²) < 4.78 is 25.4. The number of aromatic nitrogens is 2. The summed E-state index contributed by atoms with van der Waals surface area (Å²) in [6, 6.07) is 0. The molecule has 0 unspecified atom stereocenters. The molecule has 0 spiro atoms. The molecule has 0 atom stereocenters. The van der Waals surface area contributed by atoms with Crippen LogP contribution >= 0.6 is 0 Å². The molecule has 0 aromatic carbocycles. The normalized spacial score (nSPS) is 16.6. The van der Waals surface area contributed by atoms with Gasteiger partial charge >= 0.3 is 0 Å². The van der Waals surface area contributed by atoms with Gasteiger partial charge in [-0.25, -0.2) is 13.1 Å². The Morgan fingerprint density at radius 2 is 1.90 bits per heavy atom. The summed E-state index contributed by atoms with van der Waals surface area (Å²) in [7, 11) is -3.38. The number of nitrogen functional groups attached to an aromatic ring is 1. The fraction of sp³-hybridized carbons (Fsp3) is 0.769. The molecule has 0 bridgehead atoms. The molecule has 2 N–H and O–H groups in total. The van der Waals surface area contributed by atoms with E-state index in [1.807, 2.05) is 0 Å². The molecule has 1 aromatic heterocycles. The van der Waals surface area contributed by atoms with Gasteiger partial charge in [-0.1, -0.05) is 13.3 Å². The zero-order valence-corrected chi connectivity index (χ0v) is 13.1. The van der Waals surface area contributed by atoms with Crippen molar-refractivity contribution in [1.29, 1.82) is 0 Å². The summed E-state index contributed by atoms with van der Waals surface area (Å²) in [5.74, 6) is 0.790. The van der Waals surface area contributed by atoms with Gasteiger partial charge in [-0.05, 0) is 25.7 Å². The number of hydrogen-bond acceptors (Lipinski definition) is 5. The van der Waals surface area contributed by atoms with Crippen molar-refractivity contribution in [2.75, 3.05) is 30.0 Å². The van der Waals surface area contributed by atoms with Crippen LogP contribution in [0.1, 0.15) is 39.0 Å². The number of sulfone groups is 1. The van der Waals surface area contributed by atoms with Crippen molar-refractivity contribution >= 4 is 21.3 Å². The second-order valence-corrected chi connectivity index (χ2v) is 7.37. The van der Waals surface area contributed by atoms with Crippen LogP contribution < -0.4 is 10.6 Å². The number of nitrogens with two attached hydrogens (primary N) is 1. The van der Waals surface area contributed by atoms with Gasteiger partial charge in [0.1, 0.15) is 5.69 Å². The van der Waals surface area contributed by atoms with Crippen molar-refractivity contribution in [2.24, 2.45) is 0 Å². The monoisotopic (exact) mass is 300 g/mol. The smallest absolute Gasteiger partial charge is 0.201 e. The third kappa shape index (κ3) is 3.08. The molecule has 1 aliphatic rings. The van der Waals surface area contributed by atoms with Crippen molar-refractivity contribution in [3.05, 3.63) is 0 Å². The molecular weight excluding hydrogens is 276 g/mol. The number of unbranched alkanes of at least 4 members (excludes halogenated alkanes) is 1. The highest BCUT2D eigenvalue weighted by Gasteiger charge is 2.26. The molecule has 0 aliphatic carbocycles. The quantitative estimate of drug-likeness (QED) is 0.894. The number of rotatable bonds is 5. The lowest BCUT2D eigenvalue weighted by Gasteiger charge is -2.29. The molecule has 2 rings (SSSR count). The average Bonchev–Trinajstić information content (AvgIpc) is 2.74. The molecule has 7 heteroatoms. The molecule has 1 fully saturated rings. The highest BCUT2D eigenvalue weighted by Crippen LogP contribution is 2.32. The van der Waals surface area contributed by atoms with Gasteiger partial charge in [0, 0.05) is 25.9 Å². The van der Waals surface area contributed by atoms with E-state index in [0.29, 0.717) is 12.2 Å². The summed E-state index contributed by atoms with van der Waals surface area (Å²) in [6.07, 6.45) is 6.62. The van der Waals surface area contributed by atoms with E-state index in [-0.39, 0.29) is 5.03 Å². The molecule has 0 saturated carbocycles. The van der Waals surface area contributed by atoms with Crippen LogP contribution in [0.15, 0.2) is 5.03 Å². The van der Waals surface area contributed by atoms with E-state index in [1.54, 1.807) is 4.68 Å². The Hall–Kier alpha value is -1.24. The molecule has 114 valence electrons. The maximum Gasteiger partial charge on any atom is 0.201 e. The predicted octanol–water partition coefficient (Wildman–Crippen LogP) is 1.66. The third-order valence-corrected chi connectivity index (χ3v) is 4.66. The summed E-state index contributed by atoms with van der Waals surface area (Å²) in [4.78, 5) is 2.18. The molecule has 2 heterocycles. The maximum atomic E-state index is 11.8. The Balaban J connectivity index is 2.42. The molecule has 1 aliphatic heterocycles. The van der Waals surface area contributed by atoms with Crippen LogP contribution in [0.25, 0.3) is 0 Å². The van der Waals surface area contributed by atoms with Gasteiger partial charge < -0.3 is 10.6 Å². The summed E-state index contributed by atoms with van der Waals surface area (Å²) in [5.41, 5.74) is 6.40. The number of piperidine rings is 1. The van der Waals surface area contributed by atoms with E-state index in [9.17, 15) is 8.42 Å². The SMILES string of the molecule is CCCCn1nc(S(C)(=O)=O)c(N)c1N1CCCCC1. The highest BCUT2D eigenvalue weighted by atomic mass is 32.2. The van der Waals surface area contributed by atoms with Gasteiger partial charge in [-0.2, -0.15) is 5.10 Å². The summed E-state index contributed by atoms with van der Waals surface area (Å²) in [5, 5.41) is 4.28. The lowest BCUT2D eigenvalue weighted by Crippen LogP contribution is -2.32. The van der Waals surface area contributed by atoms with Gasteiger partial charge in [0.05, 0.1) is 0 Å². The van der Waals surface area contributed by atoms with E-state index >= 15 is 0 Å². The van der Waals surface area contributed by atoms with Crippen molar-refractivity contribution in [2.45, 2.75) is 50.6 Å². The van der Waals surface area contributed by atoms with Gasteiger partial charge in [-0.15, -0.1) is 0 Å². The predicted molar refractivity (Wildman–Crippen MR) is 80.7 cm³/mol. The molecule has 20 heavy (non-hydrogen) atoms. The fourth-order valence-electron chi connectivity index (χ4n) is 2.62. The Morgan fingerprint density at radius 3 is 2.45 bits per heavy atom. The minimum absolute atomic E-state index is 0.0224. The van der Waals surface area contributed by atoms with Gasteiger partial charge in [0.2, 0.25) is 5.03 Å². The van der Waals surface area contributed by atoms with Crippen LogP contribution in [0.5, 0.6) is 0 Å². The van der Waals surface area contributed by atoms with Crippen molar-refractivity contribution in [1.82, 2.24) is 9.78 Å². The first-order valence-corrected chi connectivity index (χ1v) is 9.15. The minimum atomic E-state index is -3.38. The summed E-state index contributed by atoms with van der Waals surface area (Å²) in [6.45, 7) is 4.66. The highest BCUT2D eigenvalue weighted by molar-refractivity contribution is 7.90. The van der Waals surface area contributed by atoms with Crippen LogP contribution in [0.4, 0.5) is 11.5 Å². The Kier molecular flexibility index (Phi) is 4.57. The Morgan fingerprint density at radius 1 is 1.25 bits per heavy atom. The number of hydrogen-bond donors (Lipinski definition) is 1. The standard InChI is InChI=1S/C13H24N4O2S/c1-3-4-10-17-13(16-8-6-5-7-9-16)11(14)12(15-17)20(2,18)19/h3-10,14H2,1-2H3. The molecule has 1 aromatic rings. The van der Waals surface area contributed by atoms with E-state index < -0.39 is 9.84 Å². The zero-order chi connectivity index (χ0) is 14.8. The van der Waals surface area contributed by atoms with E-state index in [0.717, 1.165) is 50.8 Å². The van der Waals surface area contributed by atoms with Crippen LogP contribution in [-0.4, -0.2) is 37.5 Å². The first kappa shape index (κ1) is 15.2. The third-order valence-electron chi connectivity index (χ3n) is 3.66. The van der Waals surface area contributed by atoms with Crippen LogP contribution in [0.3, 0.4) is 0 Å². The molecule has 6 nitrogen and oxygen atoms in total. The van der Waals surface area contributed by atoms with Gasteiger partial charge in [0.15, 0.2) is 15.7 Å². The first-order valence-electron chi connectivity index (χ1n) is 7.26. The van der Waals surface area contributed by atoms with Crippen molar-refractivity contribution in [3.63, 3.8) is 0 Å². The lowest BCUT2D eigenvalue weighted by atomic mass is 10.1. The van der Waals surface area contributed by atoms with Crippen LogP contribution in [0, 0.1) is 0 Å². The second kappa shape index (κ2) is 6.03. The summed E-state index contributed by atoms with van der Waals surface area (Å²) >= 11 is 0. The molecular formula is C13H24N4O2S. The minimum Gasteiger partial charge on any atom is -0.393 e.